The summed E-state index contributed by atoms with van der Waals surface area (Å²) in [5, 5.41) is 8.15. The maximum absolute atomic E-state index is 14.5. The number of aromatic nitrogens is 3. The third-order valence-electron chi connectivity index (χ3n) is 5.70. The Morgan fingerprint density at radius 1 is 1.32 bits per heavy atom. The van der Waals surface area contributed by atoms with Gasteiger partial charge in [0, 0.05) is 18.5 Å². The molecule has 1 aliphatic rings. The number of halogens is 4. The van der Waals surface area contributed by atoms with Gasteiger partial charge in [-0.25, -0.2) is 22.5 Å². The molecule has 0 aliphatic carbocycles. The molecule has 3 heterocycles. The molecule has 34 heavy (non-hydrogen) atoms. The number of hydrogen-bond acceptors (Lipinski definition) is 6. The van der Waals surface area contributed by atoms with E-state index >= 15 is 0 Å². The fourth-order valence-corrected chi connectivity index (χ4v) is 4.63. The van der Waals surface area contributed by atoms with Crippen molar-refractivity contribution in [1.29, 1.82) is 0 Å². The van der Waals surface area contributed by atoms with Crippen LogP contribution in [0.5, 0.6) is 0 Å². The van der Waals surface area contributed by atoms with E-state index in [2.05, 4.69) is 15.4 Å². The predicted octanol–water partition coefficient (Wildman–Crippen LogP) is 4.62. The molecule has 0 radical (unpaired) electrons. The SMILES string of the molecule is C[C@H](F)c1cc(F)c(-c2nc(C(=O)Nc3cnn(C)c3[C@@H]3CC[C@@H](N)[C@H](F)CO3)cs2)c(F)c1. The van der Waals surface area contributed by atoms with Crippen molar-refractivity contribution in [3.8, 4) is 10.6 Å². The molecule has 3 aromatic rings. The molecule has 0 spiro atoms. The van der Waals surface area contributed by atoms with Gasteiger partial charge < -0.3 is 15.8 Å². The summed E-state index contributed by atoms with van der Waals surface area (Å²) in [5.74, 6) is -2.56. The third-order valence-corrected chi connectivity index (χ3v) is 6.56. The third kappa shape index (κ3) is 4.84. The fourth-order valence-electron chi connectivity index (χ4n) is 3.79. The number of nitrogens with zero attached hydrogens (tertiary/aromatic N) is 3. The minimum Gasteiger partial charge on any atom is -0.369 e. The topological polar surface area (TPSA) is 95.1 Å². The van der Waals surface area contributed by atoms with Gasteiger partial charge in [0.05, 0.1) is 29.7 Å². The molecule has 1 saturated heterocycles. The molecular formula is C22H23F4N5O2S. The average Bonchev–Trinajstić information content (AvgIpc) is 3.36. The maximum Gasteiger partial charge on any atom is 0.275 e. The van der Waals surface area contributed by atoms with Gasteiger partial charge in [-0.3, -0.25) is 9.48 Å². The Morgan fingerprint density at radius 2 is 2.03 bits per heavy atom. The lowest BCUT2D eigenvalue weighted by atomic mass is 10.0. The van der Waals surface area contributed by atoms with Gasteiger partial charge in [0.2, 0.25) is 0 Å². The lowest BCUT2D eigenvalue weighted by Gasteiger charge is -2.17. The molecule has 1 aromatic carbocycles. The van der Waals surface area contributed by atoms with Gasteiger partial charge in [0.15, 0.2) is 0 Å². The number of aryl methyl sites for hydroxylation is 1. The second-order valence-corrected chi connectivity index (χ2v) is 8.97. The first kappa shape index (κ1) is 24.3. The van der Waals surface area contributed by atoms with Gasteiger partial charge in [-0.1, -0.05) is 0 Å². The number of nitrogens with one attached hydrogen (secondary N) is 1. The number of nitrogens with two attached hydrogens (primary N) is 1. The highest BCUT2D eigenvalue weighted by atomic mass is 32.1. The van der Waals surface area contributed by atoms with Gasteiger partial charge in [-0.05, 0) is 37.5 Å². The van der Waals surface area contributed by atoms with Crippen molar-refractivity contribution in [2.75, 3.05) is 11.9 Å². The van der Waals surface area contributed by atoms with Crippen LogP contribution >= 0.6 is 11.3 Å². The quantitative estimate of drug-likeness (QED) is 0.502. The van der Waals surface area contributed by atoms with Crippen LogP contribution in [-0.2, 0) is 11.8 Å². The van der Waals surface area contributed by atoms with Crippen molar-refractivity contribution < 1.29 is 27.1 Å². The van der Waals surface area contributed by atoms with Crippen LogP contribution in [-0.4, -0.2) is 39.5 Å². The minimum atomic E-state index is -1.53. The number of thiazole rings is 1. The molecule has 1 aliphatic heterocycles. The lowest BCUT2D eigenvalue weighted by molar-refractivity contribution is 0.0247. The first-order valence-electron chi connectivity index (χ1n) is 10.6. The zero-order valence-electron chi connectivity index (χ0n) is 18.4. The molecule has 1 fully saturated rings. The molecule has 4 rings (SSSR count). The van der Waals surface area contributed by atoms with E-state index in [9.17, 15) is 22.4 Å². The number of benzene rings is 1. The number of anilines is 1. The Kier molecular flexibility index (Phi) is 7.01. The van der Waals surface area contributed by atoms with Crippen molar-refractivity contribution in [3.63, 3.8) is 0 Å². The number of hydrogen-bond donors (Lipinski definition) is 2. The summed E-state index contributed by atoms with van der Waals surface area (Å²) >= 11 is 0.878. The van der Waals surface area contributed by atoms with Crippen LogP contribution in [0.4, 0.5) is 23.2 Å². The molecule has 2 aromatic heterocycles. The largest absolute Gasteiger partial charge is 0.369 e. The monoisotopic (exact) mass is 497 g/mol. The highest BCUT2D eigenvalue weighted by Gasteiger charge is 2.30. The number of rotatable bonds is 5. The lowest BCUT2D eigenvalue weighted by Crippen LogP contribution is -2.32. The summed E-state index contributed by atoms with van der Waals surface area (Å²) in [6.07, 6.45) is -1.08. The highest BCUT2D eigenvalue weighted by molar-refractivity contribution is 7.13. The Bertz CT molecular complexity index is 1160. The molecule has 182 valence electrons. The summed E-state index contributed by atoms with van der Waals surface area (Å²) in [6, 6.07) is 1.19. The predicted molar refractivity (Wildman–Crippen MR) is 119 cm³/mol. The second-order valence-electron chi connectivity index (χ2n) is 8.11. The summed E-state index contributed by atoms with van der Waals surface area (Å²) in [5.41, 5.74) is 6.06. The normalized spacial score (nSPS) is 21.8. The number of carbonyl (C=O) groups excluding carboxylic acids is 1. The van der Waals surface area contributed by atoms with Crippen molar-refractivity contribution in [1.82, 2.24) is 14.8 Å². The molecular weight excluding hydrogens is 474 g/mol. The Balaban J connectivity index is 1.55. The van der Waals surface area contributed by atoms with Crippen LogP contribution in [0, 0.1) is 11.6 Å². The van der Waals surface area contributed by atoms with Gasteiger partial charge in [0.1, 0.15) is 40.8 Å². The van der Waals surface area contributed by atoms with E-state index < -0.39 is 47.6 Å². The van der Waals surface area contributed by atoms with Gasteiger partial charge >= 0.3 is 0 Å². The van der Waals surface area contributed by atoms with Crippen molar-refractivity contribution >= 4 is 22.9 Å². The summed E-state index contributed by atoms with van der Waals surface area (Å²) in [7, 11) is 1.67. The molecule has 4 atom stereocenters. The molecule has 7 nitrogen and oxygen atoms in total. The average molecular weight is 498 g/mol. The van der Waals surface area contributed by atoms with Crippen LogP contribution in [0.3, 0.4) is 0 Å². The standard InChI is InChI=1S/C22H23F4N5O2S/c1-10(23)11-5-12(24)19(13(25)6-11)22-30-17(9-34-22)21(32)29-16-7-28-31(2)20(16)18-4-3-15(27)14(26)8-33-18/h5-7,9-10,14-15,18H,3-4,8,27H2,1-2H3,(H,29,32)/t10-,14+,15+,18-/m0/s1. The molecule has 0 saturated carbocycles. The van der Waals surface area contributed by atoms with Gasteiger partial charge in [-0.2, -0.15) is 5.10 Å². The number of carbonyl (C=O) groups is 1. The first-order chi connectivity index (χ1) is 16.2. The number of ether oxygens (including phenoxy) is 1. The van der Waals surface area contributed by atoms with E-state index in [0.717, 1.165) is 23.5 Å². The molecule has 0 bridgehead atoms. The number of amides is 1. The minimum absolute atomic E-state index is 0.0558. The Hall–Kier alpha value is -2.83. The summed E-state index contributed by atoms with van der Waals surface area (Å²) < 4.78 is 63.5. The Labute approximate surface area is 196 Å². The highest BCUT2D eigenvalue weighted by Crippen LogP contribution is 2.34. The van der Waals surface area contributed by atoms with Crippen molar-refractivity contribution in [2.45, 2.75) is 44.3 Å². The van der Waals surface area contributed by atoms with Gasteiger partial charge in [0.25, 0.3) is 5.91 Å². The Morgan fingerprint density at radius 3 is 2.71 bits per heavy atom. The number of alkyl halides is 2. The fraction of sp³-hybridized carbons (Fsp3) is 0.409. The van der Waals surface area contributed by atoms with Gasteiger partial charge in [-0.15, -0.1) is 11.3 Å². The second kappa shape index (κ2) is 9.80. The molecule has 0 unspecified atom stereocenters. The molecule has 3 N–H and O–H groups in total. The van der Waals surface area contributed by atoms with Crippen molar-refractivity contribution in [2.24, 2.45) is 12.8 Å². The van der Waals surface area contributed by atoms with E-state index in [1.54, 1.807) is 7.05 Å². The van der Waals surface area contributed by atoms with E-state index in [1.165, 1.54) is 23.2 Å². The van der Waals surface area contributed by atoms with Crippen molar-refractivity contribution in [3.05, 3.63) is 52.3 Å². The van der Waals surface area contributed by atoms with Crippen LogP contribution in [0.2, 0.25) is 0 Å². The van der Waals surface area contributed by atoms with E-state index in [0.29, 0.717) is 24.2 Å². The van der Waals surface area contributed by atoms with E-state index in [4.69, 9.17) is 10.5 Å². The van der Waals surface area contributed by atoms with Crippen LogP contribution in [0.15, 0.2) is 23.7 Å². The van der Waals surface area contributed by atoms with Crippen LogP contribution < -0.4 is 11.1 Å². The zero-order chi connectivity index (χ0) is 24.6. The maximum atomic E-state index is 14.5. The van der Waals surface area contributed by atoms with Crippen LogP contribution in [0.1, 0.15) is 53.8 Å². The first-order valence-corrected chi connectivity index (χ1v) is 11.5. The summed E-state index contributed by atoms with van der Waals surface area (Å²) in [6.45, 7) is 1.01. The van der Waals surface area contributed by atoms with Crippen LogP contribution in [0.25, 0.3) is 10.6 Å². The molecule has 12 heteroatoms. The van der Waals surface area contributed by atoms with E-state index in [1.807, 2.05) is 0 Å². The zero-order valence-corrected chi connectivity index (χ0v) is 19.2. The van der Waals surface area contributed by atoms with E-state index in [-0.39, 0.29) is 22.9 Å². The summed E-state index contributed by atoms with van der Waals surface area (Å²) in [4.78, 5) is 16.9. The smallest absolute Gasteiger partial charge is 0.275 e. The molecule has 1 amide bonds.